The van der Waals surface area contributed by atoms with Crippen LogP contribution in [-0.2, 0) is 0 Å². The summed E-state index contributed by atoms with van der Waals surface area (Å²) in [5, 5.41) is 0. The van der Waals surface area contributed by atoms with Crippen molar-refractivity contribution >= 4 is 24.4 Å². The lowest BCUT2D eigenvalue weighted by molar-refractivity contribution is 0.531. The molecule has 0 aliphatic rings. The maximum atomic E-state index is 5.21. The van der Waals surface area contributed by atoms with Crippen LogP contribution in [0.1, 0.15) is 11.3 Å². The highest BCUT2D eigenvalue weighted by Gasteiger charge is 2.01. The smallest absolute Gasteiger partial charge is 0.114 e. The number of halogens is 1. The highest BCUT2D eigenvalue weighted by atomic mass is 127. The second kappa shape index (κ2) is 3.17. The first-order chi connectivity index (χ1) is 4.75. The summed E-state index contributed by atoms with van der Waals surface area (Å²) in [7, 11) is 0. The average molecular weight is 248 g/mol. The van der Waals surface area contributed by atoms with Gasteiger partial charge in [-0.2, -0.15) is 0 Å². The third-order valence-corrected chi connectivity index (χ3v) is 3.76. The molecule has 1 aromatic heterocycles. The number of furan rings is 1. The summed E-state index contributed by atoms with van der Waals surface area (Å²) in [4.78, 5) is 0. The van der Waals surface area contributed by atoms with Gasteiger partial charge in [0.05, 0.1) is 9.83 Å². The summed E-state index contributed by atoms with van der Waals surface area (Å²) >= 11 is -0.131. The van der Waals surface area contributed by atoms with Crippen LogP contribution in [0.5, 0.6) is 0 Å². The van der Waals surface area contributed by atoms with Crippen molar-refractivity contribution in [2.75, 3.05) is 0 Å². The van der Waals surface area contributed by atoms with Crippen molar-refractivity contribution in [2.45, 2.75) is 13.8 Å². The lowest BCUT2D eigenvalue weighted by Gasteiger charge is -1.85. The van der Waals surface area contributed by atoms with E-state index in [0.717, 1.165) is 5.76 Å². The fraction of sp³-hybridized carbons (Fsp3) is 0.250. The van der Waals surface area contributed by atoms with Crippen LogP contribution in [-0.4, -0.2) is 3.67 Å². The van der Waals surface area contributed by atoms with Crippen LogP contribution in [0.25, 0.3) is 0 Å². The minimum absolute atomic E-state index is 0.131. The largest absolute Gasteiger partial charge is 0.468 e. The zero-order valence-corrected chi connectivity index (χ0v) is 8.23. The van der Waals surface area contributed by atoms with Gasteiger partial charge in [0.15, 0.2) is 0 Å². The molecule has 10 heavy (non-hydrogen) atoms. The van der Waals surface area contributed by atoms with Crippen molar-refractivity contribution in [1.82, 2.24) is 0 Å². The lowest BCUT2D eigenvalue weighted by atomic mass is 10.4. The van der Waals surface area contributed by atoms with Crippen LogP contribution in [0, 0.1) is 17.4 Å². The molecule has 0 saturated heterocycles. The number of hydrogen-bond donors (Lipinski definition) is 0. The first-order valence-electron chi connectivity index (χ1n) is 2.96. The third-order valence-electron chi connectivity index (χ3n) is 1.23. The van der Waals surface area contributed by atoms with Crippen LogP contribution in [0.15, 0.2) is 17.3 Å². The van der Waals surface area contributed by atoms with E-state index in [9.17, 15) is 0 Å². The van der Waals surface area contributed by atoms with Crippen molar-refractivity contribution in [3.63, 3.8) is 0 Å². The minimum Gasteiger partial charge on any atom is -0.468 e. The second-order valence-corrected chi connectivity index (χ2v) is 4.40. The molecule has 0 aromatic carbocycles. The van der Waals surface area contributed by atoms with Crippen LogP contribution in [0.2, 0.25) is 0 Å². The monoisotopic (exact) mass is 248 g/mol. The minimum atomic E-state index is -0.131. The van der Waals surface area contributed by atoms with Gasteiger partial charge in [-0.1, -0.05) is 10.2 Å². The Balaban J connectivity index is 3.22. The molecule has 0 N–H and O–H groups in total. The lowest BCUT2D eigenvalue weighted by Crippen LogP contribution is -1.72. The molecule has 0 saturated carbocycles. The van der Waals surface area contributed by atoms with Gasteiger partial charge in [0.2, 0.25) is 0 Å². The van der Waals surface area contributed by atoms with Crippen molar-refractivity contribution in [3.8, 4) is 0 Å². The second-order valence-electron chi connectivity index (χ2n) is 2.02. The molecule has 0 amide bonds. The fourth-order valence-electron chi connectivity index (χ4n) is 0.766. The highest BCUT2D eigenvalue weighted by Crippen LogP contribution is 2.20. The van der Waals surface area contributed by atoms with E-state index in [2.05, 4.69) is 17.2 Å². The predicted molar refractivity (Wildman–Crippen MR) is 51.5 cm³/mol. The fourth-order valence-corrected chi connectivity index (χ4v) is 2.21. The first-order valence-corrected chi connectivity index (χ1v) is 5.12. The highest BCUT2D eigenvalue weighted by molar-refractivity contribution is 14.2. The van der Waals surface area contributed by atoms with Gasteiger partial charge in [0, 0.05) is 5.56 Å². The maximum absolute atomic E-state index is 5.21. The van der Waals surface area contributed by atoms with Crippen molar-refractivity contribution in [1.29, 1.82) is 0 Å². The molecule has 0 radical (unpaired) electrons. The zero-order valence-electron chi connectivity index (χ0n) is 6.07. The topological polar surface area (TPSA) is 13.1 Å². The van der Waals surface area contributed by atoms with Crippen molar-refractivity contribution in [2.24, 2.45) is 0 Å². The molecular formula is C8H9IO. The van der Waals surface area contributed by atoms with E-state index < -0.39 is 0 Å². The van der Waals surface area contributed by atoms with Crippen molar-refractivity contribution < 1.29 is 4.42 Å². The maximum Gasteiger partial charge on any atom is 0.114 e. The molecule has 0 atom stereocenters. The Bertz CT molecular complexity index is 260. The Labute approximate surface area is 70.5 Å². The van der Waals surface area contributed by atoms with E-state index in [1.54, 1.807) is 6.26 Å². The summed E-state index contributed by atoms with van der Waals surface area (Å²) in [5.74, 6) is 1.03. The summed E-state index contributed by atoms with van der Waals surface area (Å²) in [6, 6.07) is 0. The predicted octanol–water partition coefficient (Wildman–Crippen LogP) is 2.62. The normalized spacial score (nSPS) is 9.40. The Morgan fingerprint density at radius 1 is 1.60 bits per heavy atom. The summed E-state index contributed by atoms with van der Waals surface area (Å²) in [6.45, 7) is 7.64. The summed E-state index contributed by atoms with van der Waals surface area (Å²) in [6.07, 6.45) is 1.79. The van der Waals surface area contributed by atoms with E-state index in [0.29, 0.717) is 0 Å². The Kier molecular flexibility index (Phi) is 2.46. The molecule has 0 bridgehead atoms. The van der Waals surface area contributed by atoms with Crippen molar-refractivity contribution in [3.05, 3.63) is 27.7 Å². The van der Waals surface area contributed by atoms with E-state index in [4.69, 9.17) is 4.42 Å². The molecule has 1 nitrogen and oxygen atoms in total. The summed E-state index contributed by atoms with van der Waals surface area (Å²) < 4.78 is 9.49. The Morgan fingerprint density at radius 3 is 2.70 bits per heavy atom. The van der Waals surface area contributed by atoms with Gasteiger partial charge in [-0.3, -0.25) is 0 Å². The van der Waals surface area contributed by atoms with Crippen LogP contribution in [0.3, 0.4) is 0 Å². The third kappa shape index (κ3) is 1.39. The van der Waals surface area contributed by atoms with Crippen LogP contribution >= 0.6 is 20.7 Å². The van der Waals surface area contributed by atoms with Gasteiger partial charge in [0.1, 0.15) is 5.76 Å². The standard InChI is InChI=1S/C8H9IO/c1-4-9-8-6(2)5-10-7(8)3/h5H,1H2,2-3H3. The SMILES string of the molecule is C=C=Ic1c(C)coc1C. The van der Waals surface area contributed by atoms with Gasteiger partial charge < -0.3 is 4.42 Å². The van der Waals surface area contributed by atoms with Crippen LogP contribution < -0.4 is 0 Å². The molecule has 0 aliphatic carbocycles. The van der Waals surface area contributed by atoms with Gasteiger partial charge in [-0.15, -0.1) is 0 Å². The molecule has 0 spiro atoms. The first kappa shape index (κ1) is 7.76. The number of aryl methyl sites for hydroxylation is 2. The molecule has 2 heteroatoms. The van der Waals surface area contributed by atoms with E-state index in [1.165, 1.54) is 9.13 Å². The summed E-state index contributed by atoms with van der Waals surface area (Å²) in [5.41, 5.74) is 1.24. The molecule has 1 rings (SSSR count). The number of hydrogen-bond acceptors (Lipinski definition) is 1. The molecule has 0 fully saturated rings. The van der Waals surface area contributed by atoms with E-state index in [1.807, 2.05) is 6.92 Å². The Morgan fingerprint density at radius 2 is 2.30 bits per heavy atom. The van der Waals surface area contributed by atoms with Gasteiger partial charge in [-0.05, 0) is 34.6 Å². The van der Waals surface area contributed by atoms with Gasteiger partial charge in [-0.25, -0.2) is 0 Å². The van der Waals surface area contributed by atoms with Crippen LogP contribution in [0.4, 0.5) is 0 Å². The zero-order chi connectivity index (χ0) is 7.56. The van der Waals surface area contributed by atoms with Gasteiger partial charge in [0.25, 0.3) is 0 Å². The number of rotatable bonds is 1. The molecule has 1 aromatic rings. The van der Waals surface area contributed by atoms with Gasteiger partial charge >= 0.3 is 0 Å². The molecule has 0 unspecified atom stereocenters. The Hall–Kier alpha value is -0.340. The average Bonchev–Trinajstić information content (AvgIpc) is 2.20. The molecule has 54 valence electrons. The molecular weight excluding hydrogens is 239 g/mol. The quantitative estimate of drug-likeness (QED) is 0.696. The van der Waals surface area contributed by atoms with E-state index >= 15 is 0 Å². The van der Waals surface area contributed by atoms with E-state index in [-0.39, 0.29) is 20.7 Å². The molecule has 1 heterocycles. The molecule has 0 aliphatic heterocycles.